The van der Waals surface area contributed by atoms with Crippen molar-refractivity contribution < 1.29 is 9.90 Å². The Morgan fingerprint density at radius 1 is 1.22 bits per heavy atom. The van der Waals surface area contributed by atoms with Crippen molar-refractivity contribution in [1.82, 2.24) is 9.78 Å². The number of nitrogens with one attached hydrogen (secondary N) is 1. The third-order valence-electron chi connectivity index (χ3n) is 2.38. The van der Waals surface area contributed by atoms with E-state index in [1.807, 2.05) is 0 Å². The Morgan fingerprint density at radius 3 is 2.50 bits per heavy atom. The number of benzene rings is 1. The number of para-hydroxylation sites is 1. The lowest BCUT2D eigenvalue weighted by Crippen LogP contribution is -2.30. The molecule has 2 rings (SSSR count). The summed E-state index contributed by atoms with van der Waals surface area (Å²) in [5.41, 5.74) is -0.598. The molecule has 2 aromatic rings. The van der Waals surface area contributed by atoms with Crippen LogP contribution >= 0.6 is 0 Å². The van der Waals surface area contributed by atoms with Gasteiger partial charge in [0.05, 0.1) is 12.1 Å². The van der Waals surface area contributed by atoms with Crippen molar-refractivity contribution >= 4 is 5.97 Å². The lowest BCUT2D eigenvalue weighted by Gasteiger charge is -2.05. The van der Waals surface area contributed by atoms with Gasteiger partial charge in [-0.1, -0.05) is 18.2 Å². The summed E-state index contributed by atoms with van der Waals surface area (Å²) >= 11 is 0. The van der Waals surface area contributed by atoms with Gasteiger partial charge in [-0.3, -0.25) is 19.5 Å². The Kier molecular flexibility index (Phi) is 3.09. The average Bonchev–Trinajstić information content (AvgIpc) is 2.34. The number of carboxylic acid groups (broad SMARTS) is 1. The van der Waals surface area contributed by atoms with Crippen LogP contribution < -0.4 is 11.1 Å². The van der Waals surface area contributed by atoms with Gasteiger partial charge in [0.15, 0.2) is 0 Å². The van der Waals surface area contributed by atoms with Crippen LogP contribution in [0.5, 0.6) is 0 Å². The second kappa shape index (κ2) is 4.70. The van der Waals surface area contributed by atoms with Crippen LogP contribution in [0.3, 0.4) is 0 Å². The van der Waals surface area contributed by atoms with E-state index < -0.39 is 23.5 Å². The Balaban J connectivity index is 2.54. The number of carboxylic acids is 1. The van der Waals surface area contributed by atoms with E-state index in [-0.39, 0.29) is 5.56 Å². The fourth-order valence-electron chi connectivity index (χ4n) is 1.57. The monoisotopic (exact) mass is 246 g/mol. The molecule has 0 radical (unpaired) electrons. The first-order chi connectivity index (χ1) is 8.58. The first kappa shape index (κ1) is 11.8. The Bertz CT molecular complexity index is 685. The van der Waals surface area contributed by atoms with Gasteiger partial charge < -0.3 is 5.11 Å². The molecule has 92 valence electrons. The van der Waals surface area contributed by atoms with E-state index in [0.29, 0.717) is 5.69 Å². The van der Waals surface area contributed by atoms with Crippen LogP contribution in [0.2, 0.25) is 0 Å². The van der Waals surface area contributed by atoms with Crippen LogP contribution in [-0.4, -0.2) is 20.9 Å². The van der Waals surface area contributed by atoms with Gasteiger partial charge >= 0.3 is 5.97 Å². The van der Waals surface area contributed by atoms with E-state index >= 15 is 0 Å². The Hall–Kier alpha value is -2.63. The topological polar surface area (TPSA) is 92.2 Å². The Labute approximate surface area is 101 Å². The second-order valence-corrected chi connectivity index (χ2v) is 3.69. The van der Waals surface area contributed by atoms with Crippen molar-refractivity contribution in [3.05, 3.63) is 62.7 Å². The van der Waals surface area contributed by atoms with Crippen molar-refractivity contribution in [2.75, 3.05) is 0 Å². The highest BCUT2D eigenvalue weighted by Crippen LogP contribution is 2.00. The van der Waals surface area contributed by atoms with Gasteiger partial charge in [-0.05, 0) is 12.1 Å². The zero-order valence-corrected chi connectivity index (χ0v) is 9.29. The molecule has 6 nitrogen and oxygen atoms in total. The maximum absolute atomic E-state index is 11.8. The minimum absolute atomic E-state index is 0.0559. The van der Waals surface area contributed by atoms with Crippen LogP contribution in [0.15, 0.2) is 46.0 Å². The van der Waals surface area contributed by atoms with Crippen molar-refractivity contribution in [1.29, 1.82) is 0 Å². The van der Waals surface area contributed by atoms with Crippen LogP contribution in [0.1, 0.15) is 5.56 Å². The standard InChI is InChI=1S/C12H10N2O4/c15-10-6-8(7-11(16)17)12(18)13-14(10)9-4-2-1-3-5-9/h1-6H,7H2,(H,13,18)(H,16,17). The summed E-state index contributed by atoms with van der Waals surface area (Å²) in [5.74, 6) is -1.16. The maximum atomic E-state index is 11.8. The van der Waals surface area contributed by atoms with Crippen molar-refractivity contribution in [2.45, 2.75) is 6.42 Å². The molecule has 18 heavy (non-hydrogen) atoms. The summed E-state index contributed by atoms with van der Waals surface area (Å²) in [6, 6.07) is 9.60. The number of aromatic nitrogens is 2. The fraction of sp³-hybridized carbons (Fsp3) is 0.0833. The third-order valence-corrected chi connectivity index (χ3v) is 2.38. The number of rotatable bonds is 3. The number of carbonyl (C=O) groups is 1. The lowest BCUT2D eigenvalue weighted by atomic mass is 10.2. The zero-order chi connectivity index (χ0) is 13.1. The number of hydrogen-bond acceptors (Lipinski definition) is 3. The van der Waals surface area contributed by atoms with Gasteiger partial charge in [0.25, 0.3) is 11.1 Å². The minimum Gasteiger partial charge on any atom is -0.481 e. The number of aromatic amines is 1. The van der Waals surface area contributed by atoms with E-state index in [9.17, 15) is 14.4 Å². The molecule has 1 heterocycles. The molecule has 0 spiro atoms. The number of aliphatic carboxylic acids is 1. The number of H-pyrrole nitrogens is 1. The van der Waals surface area contributed by atoms with E-state index in [1.54, 1.807) is 30.3 Å². The van der Waals surface area contributed by atoms with Gasteiger partial charge in [0, 0.05) is 11.6 Å². The molecule has 2 N–H and O–H groups in total. The maximum Gasteiger partial charge on any atom is 0.308 e. The van der Waals surface area contributed by atoms with Crippen LogP contribution in [0.25, 0.3) is 5.69 Å². The van der Waals surface area contributed by atoms with Gasteiger partial charge in [0.1, 0.15) is 0 Å². The summed E-state index contributed by atoms with van der Waals surface area (Å²) in [6.07, 6.45) is -0.472. The molecule has 6 heteroatoms. The van der Waals surface area contributed by atoms with Gasteiger partial charge in [-0.2, -0.15) is 0 Å². The van der Waals surface area contributed by atoms with Crippen molar-refractivity contribution in [3.63, 3.8) is 0 Å². The normalized spacial score (nSPS) is 10.2. The van der Waals surface area contributed by atoms with E-state index in [2.05, 4.69) is 5.10 Å². The molecule has 0 aliphatic rings. The summed E-state index contributed by atoms with van der Waals surface area (Å²) in [4.78, 5) is 33.9. The van der Waals surface area contributed by atoms with E-state index in [4.69, 9.17) is 5.11 Å². The first-order valence-electron chi connectivity index (χ1n) is 5.20. The molecule has 0 aliphatic carbocycles. The predicted molar refractivity (Wildman–Crippen MR) is 64.0 cm³/mol. The molecular weight excluding hydrogens is 236 g/mol. The van der Waals surface area contributed by atoms with Crippen LogP contribution in [-0.2, 0) is 11.2 Å². The SMILES string of the molecule is O=C(O)Cc1cc(=O)n(-c2ccccc2)[nH]c1=O. The number of nitrogens with zero attached hydrogens (tertiary/aromatic N) is 1. The summed E-state index contributed by atoms with van der Waals surface area (Å²) in [7, 11) is 0. The van der Waals surface area contributed by atoms with Crippen molar-refractivity contribution in [3.8, 4) is 5.69 Å². The summed E-state index contributed by atoms with van der Waals surface area (Å²) < 4.78 is 1.08. The van der Waals surface area contributed by atoms with Gasteiger partial charge in [-0.25, -0.2) is 4.68 Å². The van der Waals surface area contributed by atoms with Gasteiger partial charge in [0.2, 0.25) is 0 Å². The minimum atomic E-state index is -1.16. The first-order valence-corrected chi connectivity index (χ1v) is 5.20. The quantitative estimate of drug-likeness (QED) is 0.806. The largest absolute Gasteiger partial charge is 0.481 e. The predicted octanol–water partition coefficient (Wildman–Crippen LogP) is 0.153. The zero-order valence-electron chi connectivity index (χ0n) is 9.29. The highest BCUT2D eigenvalue weighted by molar-refractivity contribution is 5.69. The van der Waals surface area contributed by atoms with E-state index in [1.165, 1.54) is 0 Å². The molecule has 0 aliphatic heterocycles. The molecule has 0 unspecified atom stereocenters. The molecule has 0 amide bonds. The fourth-order valence-corrected chi connectivity index (χ4v) is 1.57. The number of hydrogen-bond donors (Lipinski definition) is 2. The smallest absolute Gasteiger partial charge is 0.308 e. The third kappa shape index (κ3) is 2.37. The summed E-state index contributed by atoms with van der Waals surface area (Å²) in [5, 5.41) is 11.0. The lowest BCUT2D eigenvalue weighted by molar-refractivity contribution is -0.136. The molecule has 1 aromatic heterocycles. The average molecular weight is 246 g/mol. The molecule has 0 saturated heterocycles. The van der Waals surface area contributed by atoms with E-state index in [0.717, 1.165) is 10.7 Å². The van der Waals surface area contributed by atoms with Gasteiger partial charge in [-0.15, -0.1) is 0 Å². The van der Waals surface area contributed by atoms with Crippen LogP contribution in [0.4, 0.5) is 0 Å². The highest BCUT2D eigenvalue weighted by atomic mass is 16.4. The van der Waals surface area contributed by atoms with Crippen molar-refractivity contribution in [2.24, 2.45) is 0 Å². The molecule has 1 aromatic carbocycles. The summed E-state index contributed by atoms with van der Waals surface area (Å²) in [6.45, 7) is 0. The second-order valence-electron chi connectivity index (χ2n) is 3.69. The Morgan fingerprint density at radius 2 is 1.89 bits per heavy atom. The molecule has 0 atom stereocenters. The highest BCUT2D eigenvalue weighted by Gasteiger charge is 2.09. The molecule has 0 fully saturated rings. The molecule has 0 saturated carbocycles. The molecule has 0 bridgehead atoms. The molecular formula is C12H10N2O4. The van der Waals surface area contributed by atoms with Crippen LogP contribution in [0, 0.1) is 0 Å².